The van der Waals surface area contributed by atoms with Crippen molar-refractivity contribution in [3.8, 4) is 28.0 Å². The number of hydrogen-bond donors (Lipinski definition) is 0. The second-order valence-electron chi connectivity index (χ2n) is 12.0. The molecular weight excluding hydrogens is 635 g/mol. The quantitative estimate of drug-likeness (QED) is 0.134. The standard InChI is InChI=1S/C30H27O2Si.2CH3.2ClH.H2Si.Zr/c1-33(2,3)32-19-31-28-17-16-24-21-11-5-4-10-20(21)18-27(24)30(28)29-25-14-8-6-12-22(25)23-13-7-9-15-26(23)29;;;;;;/h4-17H,18-19H2,1-3H3;2*1H3;2*1H;1H2;. The molecule has 0 aromatic heterocycles. The van der Waals surface area contributed by atoms with Crippen LogP contribution in [0.1, 0.15) is 27.8 Å². The van der Waals surface area contributed by atoms with E-state index in [0.29, 0.717) is 6.79 Å². The van der Waals surface area contributed by atoms with E-state index in [9.17, 15) is 0 Å². The van der Waals surface area contributed by atoms with Crippen LogP contribution in [0.25, 0.3) is 22.3 Å². The first kappa shape index (κ1) is 30.5. The molecule has 0 radical (unpaired) electrons. The van der Waals surface area contributed by atoms with Gasteiger partial charge < -0.3 is 0 Å². The first-order valence-electron chi connectivity index (χ1n) is 13.2. The maximum absolute atomic E-state index is 6.65. The number of ether oxygens (including phenoxy) is 1. The van der Waals surface area contributed by atoms with Crippen LogP contribution in [-0.4, -0.2) is 22.0 Å². The van der Waals surface area contributed by atoms with E-state index in [1.54, 1.807) is 0 Å². The van der Waals surface area contributed by atoms with Gasteiger partial charge in [0.15, 0.2) is 0 Å². The maximum Gasteiger partial charge on any atom is -0.147 e. The largest absolute Gasteiger partial charge is 0.147 e. The van der Waals surface area contributed by atoms with E-state index in [0.717, 1.165) is 12.2 Å². The van der Waals surface area contributed by atoms with Crippen LogP contribution in [0.2, 0.25) is 28.9 Å². The SMILES string of the molecule is C[Si](C)(C)OCOc1ccc2c(c1[C]1([Zr]([CH3])([CH3])=[SiH2])c3ccccc3-c3ccccc31)Cc1ccccc1-2.Cl.Cl. The second kappa shape index (κ2) is 11.1. The van der Waals surface area contributed by atoms with Gasteiger partial charge in [0.05, 0.1) is 0 Å². The molecule has 39 heavy (non-hydrogen) atoms. The Hall–Kier alpha value is -1.46. The Bertz CT molecular complexity index is 1540. The summed E-state index contributed by atoms with van der Waals surface area (Å²) in [7, 11) is -1.71. The average molecular weight is 672 g/mol. The van der Waals surface area contributed by atoms with Crippen LogP contribution >= 0.6 is 24.8 Å². The van der Waals surface area contributed by atoms with E-state index >= 15 is 0 Å². The normalized spacial score (nSPS) is 14.3. The van der Waals surface area contributed by atoms with Crippen LogP contribution in [0.5, 0.6) is 5.75 Å². The van der Waals surface area contributed by atoms with Crippen LogP contribution < -0.4 is 4.74 Å². The zero-order valence-corrected chi connectivity index (χ0v) is 29.8. The van der Waals surface area contributed by atoms with Crippen molar-refractivity contribution in [1.29, 1.82) is 0 Å². The Balaban J connectivity index is 0.00000176. The zero-order valence-electron chi connectivity index (χ0n) is 23.3. The van der Waals surface area contributed by atoms with Gasteiger partial charge in [0, 0.05) is 0 Å². The summed E-state index contributed by atoms with van der Waals surface area (Å²) in [4.78, 5) is 0. The van der Waals surface area contributed by atoms with Crippen LogP contribution in [0.3, 0.4) is 0 Å². The van der Waals surface area contributed by atoms with Crippen molar-refractivity contribution in [2.24, 2.45) is 0 Å². The summed E-state index contributed by atoms with van der Waals surface area (Å²) in [5, 5.41) is 0. The second-order valence-corrected chi connectivity index (χ2v) is 38.1. The maximum atomic E-state index is 6.65. The fourth-order valence-corrected chi connectivity index (χ4v) is 17.3. The van der Waals surface area contributed by atoms with Gasteiger partial charge in [0.1, 0.15) is 0 Å². The summed E-state index contributed by atoms with van der Waals surface area (Å²) in [6.45, 7) is 9.27. The van der Waals surface area contributed by atoms with E-state index in [1.165, 1.54) is 50.1 Å². The summed E-state index contributed by atoms with van der Waals surface area (Å²) in [5.74, 6) is 0.993. The molecule has 4 aromatic carbocycles. The van der Waals surface area contributed by atoms with Gasteiger partial charge in [-0.1, -0.05) is 0 Å². The van der Waals surface area contributed by atoms with Crippen molar-refractivity contribution in [1.82, 2.24) is 0 Å². The predicted molar refractivity (Wildman–Crippen MR) is 171 cm³/mol. The van der Waals surface area contributed by atoms with Crippen molar-refractivity contribution in [2.45, 2.75) is 38.4 Å². The van der Waals surface area contributed by atoms with Gasteiger partial charge in [0.2, 0.25) is 0 Å². The molecule has 203 valence electrons. The average Bonchev–Trinajstić information content (AvgIpc) is 3.37. The van der Waals surface area contributed by atoms with Gasteiger partial charge in [-0.15, -0.1) is 24.8 Å². The number of fused-ring (bicyclic) bond motifs is 6. The van der Waals surface area contributed by atoms with Gasteiger partial charge in [-0.3, -0.25) is 0 Å². The molecule has 0 atom stereocenters. The third-order valence-electron chi connectivity index (χ3n) is 8.00. The van der Waals surface area contributed by atoms with Crippen LogP contribution in [0, 0.1) is 0 Å². The zero-order chi connectivity index (χ0) is 26.0. The van der Waals surface area contributed by atoms with E-state index in [4.69, 9.17) is 9.16 Å². The van der Waals surface area contributed by atoms with E-state index in [2.05, 4.69) is 121 Å². The smallest absolute Gasteiger partial charge is 0.147 e. The Morgan fingerprint density at radius 1 is 0.744 bits per heavy atom. The first-order chi connectivity index (χ1) is 17.6. The third kappa shape index (κ3) is 4.88. The summed E-state index contributed by atoms with van der Waals surface area (Å²) < 4.78 is 17.9. The van der Waals surface area contributed by atoms with Crippen molar-refractivity contribution in [3.63, 3.8) is 0 Å². The minimum Gasteiger partial charge on any atom is -0.147 e. The van der Waals surface area contributed by atoms with Gasteiger partial charge in [-0.25, -0.2) is 0 Å². The van der Waals surface area contributed by atoms with Gasteiger partial charge in [-0.2, -0.15) is 0 Å². The fourth-order valence-electron chi connectivity index (χ4n) is 6.56. The van der Waals surface area contributed by atoms with Crippen molar-refractivity contribution in [3.05, 3.63) is 113 Å². The van der Waals surface area contributed by atoms with E-state index < -0.39 is 27.2 Å². The Kier molecular flexibility index (Phi) is 8.66. The molecule has 0 N–H and O–H groups in total. The molecule has 0 fully saturated rings. The monoisotopic (exact) mass is 669 g/mol. The molecule has 2 aliphatic rings. The summed E-state index contributed by atoms with van der Waals surface area (Å²) in [6.07, 6.45) is 0.948. The topological polar surface area (TPSA) is 18.5 Å². The Morgan fingerprint density at radius 3 is 1.85 bits per heavy atom. The number of benzene rings is 4. The molecule has 6 rings (SSSR count). The van der Waals surface area contributed by atoms with Crippen molar-refractivity contribution in [2.75, 3.05) is 6.79 Å². The summed E-state index contributed by atoms with van der Waals surface area (Å²) >= 11 is -2.91. The number of rotatable bonds is 6. The van der Waals surface area contributed by atoms with Crippen molar-refractivity contribution < 1.29 is 28.0 Å². The Labute approximate surface area is 252 Å². The summed E-state index contributed by atoms with van der Waals surface area (Å²) in [5.41, 5.74) is 12.7. The molecule has 2 nitrogen and oxygen atoms in total. The molecule has 0 saturated heterocycles. The minimum atomic E-state index is -2.91. The minimum absolute atomic E-state index is 0. The molecule has 4 aromatic rings. The number of hydrogen-bond acceptors (Lipinski definition) is 2. The molecular formula is C32H37Cl2O2Si2Zr. The summed E-state index contributed by atoms with van der Waals surface area (Å²) in [6, 6.07) is 31.7. The van der Waals surface area contributed by atoms with E-state index in [1.807, 2.05) is 0 Å². The molecule has 7 heteroatoms. The number of halogens is 2. The van der Waals surface area contributed by atoms with Crippen LogP contribution in [-0.2, 0) is 32.9 Å². The fraction of sp³-hybridized carbons (Fsp3) is 0.250. The van der Waals surface area contributed by atoms with Crippen molar-refractivity contribution >= 4 is 40.0 Å². The van der Waals surface area contributed by atoms with Crippen LogP contribution in [0.4, 0.5) is 0 Å². The van der Waals surface area contributed by atoms with Gasteiger partial charge in [-0.05, 0) is 0 Å². The molecule has 0 amide bonds. The van der Waals surface area contributed by atoms with Gasteiger partial charge in [0.25, 0.3) is 0 Å². The molecule has 0 unspecified atom stereocenters. The molecule has 2 aliphatic carbocycles. The molecule has 0 bridgehead atoms. The first-order valence-corrected chi connectivity index (χ1v) is 28.7. The molecule has 0 spiro atoms. The molecule has 0 aliphatic heterocycles. The molecule has 0 saturated carbocycles. The third-order valence-corrected chi connectivity index (χ3v) is 19.0. The Morgan fingerprint density at radius 2 is 1.28 bits per heavy atom. The predicted octanol–water partition coefficient (Wildman–Crippen LogP) is 8.36. The van der Waals surface area contributed by atoms with Gasteiger partial charge >= 0.3 is 229 Å². The van der Waals surface area contributed by atoms with Crippen LogP contribution in [0.15, 0.2) is 84.9 Å². The molecule has 0 heterocycles. The van der Waals surface area contributed by atoms with E-state index in [-0.39, 0.29) is 27.9 Å².